The van der Waals surface area contributed by atoms with Gasteiger partial charge in [-0.1, -0.05) is 10.3 Å². The minimum Gasteiger partial charge on any atom is -0.361 e. The van der Waals surface area contributed by atoms with Crippen molar-refractivity contribution in [3.05, 3.63) is 22.9 Å². The summed E-state index contributed by atoms with van der Waals surface area (Å²) < 4.78 is 10.7. The topological polar surface area (TPSA) is 89.9 Å². The molecule has 120 valence electrons. The van der Waals surface area contributed by atoms with Gasteiger partial charge in [0.25, 0.3) is 5.89 Å². The van der Waals surface area contributed by atoms with Crippen LogP contribution in [-0.2, 0) is 6.42 Å². The molecule has 0 amide bonds. The Morgan fingerprint density at radius 3 is 2.91 bits per heavy atom. The van der Waals surface area contributed by atoms with Gasteiger partial charge in [-0.15, -0.1) is 11.3 Å². The van der Waals surface area contributed by atoms with Crippen molar-refractivity contribution in [1.82, 2.24) is 25.6 Å². The molecule has 1 aliphatic heterocycles. The molecule has 1 aliphatic rings. The number of rotatable bonds is 4. The first kappa shape index (κ1) is 14.5. The lowest BCUT2D eigenvalue weighted by Gasteiger charge is -2.21. The molecule has 0 aromatic carbocycles. The third-order valence-electron chi connectivity index (χ3n) is 3.97. The summed E-state index contributed by atoms with van der Waals surface area (Å²) in [6, 6.07) is 1.90. The Balaban J connectivity index is 1.49. The van der Waals surface area contributed by atoms with Gasteiger partial charge in [0.15, 0.2) is 10.7 Å². The zero-order valence-corrected chi connectivity index (χ0v) is 13.6. The van der Waals surface area contributed by atoms with Gasteiger partial charge in [-0.25, -0.2) is 4.98 Å². The van der Waals surface area contributed by atoms with Crippen LogP contribution in [0.5, 0.6) is 0 Å². The minimum atomic E-state index is 0.369. The summed E-state index contributed by atoms with van der Waals surface area (Å²) in [7, 11) is 0. The number of nitrogens with one attached hydrogen (secondary N) is 1. The number of hydrogen-bond acceptors (Lipinski definition) is 8. The van der Waals surface area contributed by atoms with Crippen molar-refractivity contribution >= 4 is 11.3 Å². The first-order valence-electron chi connectivity index (χ1n) is 7.71. The van der Waals surface area contributed by atoms with E-state index in [9.17, 15) is 0 Å². The predicted octanol–water partition coefficient (Wildman–Crippen LogP) is 2.70. The lowest BCUT2D eigenvalue weighted by atomic mass is 9.93. The quantitative estimate of drug-likeness (QED) is 0.786. The maximum Gasteiger partial charge on any atom is 0.280 e. The fourth-order valence-corrected chi connectivity index (χ4v) is 3.44. The van der Waals surface area contributed by atoms with Crippen molar-refractivity contribution in [3.8, 4) is 22.4 Å². The molecule has 3 aromatic rings. The summed E-state index contributed by atoms with van der Waals surface area (Å²) in [4.78, 5) is 9.73. The van der Waals surface area contributed by atoms with Crippen molar-refractivity contribution in [2.24, 2.45) is 5.92 Å². The molecule has 1 N–H and O–H groups in total. The van der Waals surface area contributed by atoms with E-state index in [-0.39, 0.29) is 0 Å². The van der Waals surface area contributed by atoms with Gasteiger partial charge >= 0.3 is 0 Å². The molecule has 7 nitrogen and oxygen atoms in total. The average Bonchev–Trinajstić information content (AvgIpc) is 3.28. The second-order valence-electron chi connectivity index (χ2n) is 5.78. The third-order valence-corrected chi connectivity index (χ3v) is 4.87. The van der Waals surface area contributed by atoms with Gasteiger partial charge < -0.3 is 14.4 Å². The molecule has 0 atom stereocenters. The molecular formula is C15H17N5O2S. The molecule has 3 aromatic heterocycles. The van der Waals surface area contributed by atoms with E-state index in [1.807, 2.05) is 13.0 Å². The molecule has 4 rings (SSSR count). The van der Waals surface area contributed by atoms with Crippen molar-refractivity contribution in [1.29, 1.82) is 0 Å². The van der Waals surface area contributed by atoms with Gasteiger partial charge in [-0.3, -0.25) is 0 Å². The summed E-state index contributed by atoms with van der Waals surface area (Å²) >= 11 is 1.53. The van der Waals surface area contributed by atoms with Crippen LogP contribution in [0.3, 0.4) is 0 Å². The predicted molar refractivity (Wildman–Crippen MR) is 84.9 cm³/mol. The molecule has 4 heterocycles. The Kier molecular flexibility index (Phi) is 3.92. The summed E-state index contributed by atoms with van der Waals surface area (Å²) in [5.74, 6) is 2.37. The second-order valence-corrected chi connectivity index (χ2v) is 7.01. The highest BCUT2D eigenvalue weighted by molar-refractivity contribution is 7.14. The molecule has 23 heavy (non-hydrogen) atoms. The van der Waals surface area contributed by atoms with E-state index < -0.39 is 0 Å². The fraction of sp³-hybridized carbons (Fsp3) is 0.467. The lowest BCUT2D eigenvalue weighted by molar-refractivity contribution is 0.318. The van der Waals surface area contributed by atoms with E-state index in [1.165, 1.54) is 24.2 Å². The zero-order valence-electron chi connectivity index (χ0n) is 12.8. The van der Waals surface area contributed by atoms with Gasteiger partial charge in [0.1, 0.15) is 5.76 Å². The van der Waals surface area contributed by atoms with Gasteiger partial charge in [-0.2, -0.15) is 4.98 Å². The first-order chi connectivity index (χ1) is 11.3. The fourth-order valence-electron chi connectivity index (χ4n) is 2.75. The largest absolute Gasteiger partial charge is 0.361 e. The summed E-state index contributed by atoms with van der Waals surface area (Å²) in [6.07, 6.45) is 5.04. The standard InChI is InChI=1S/C15H17N5O2S/c1-9-8-17-15(23-9)13-18-14(22-20-13)12-7-11(21-19-12)6-10-2-4-16-5-3-10/h7-8,10,16H,2-6H2,1H3. The first-order valence-corrected chi connectivity index (χ1v) is 8.53. The van der Waals surface area contributed by atoms with Gasteiger partial charge in [0, 0.05) is 23.6 Å². The summed E-state index contributed by atoms with van der Waals surface area (Å²) in [6.45, 7) is 4.14. The van der Waals surface area contributed by atoms with Gasteiger partial charge in [0.05, 0.1) is 0 Å². The van der Waals surface area contributed by atoms with Crippen molar-refractivity contribution in [2.45, 2.75) is 26.2 Å². The minimum absolute atomic E-state index is 0.369. The zero-order chi connectivity index (χ0) is 15.6. The monoisotopic (exact) mass is 331 g/mol. The normalized spacial score (nSPS) is 16.0. The van der Waals surface area contributed by atoms with Crippen LogP contribution >= 0.6 is 11.3 Å². The van der Waals surface area contributed by atoms with E-state index in [4.69, 9.17) is 9.05 Å². The Morgan fingerprint density at radius 2 is 2.13 bits per heavy atom. The van der Waals surface area contributed by atoms with E-state index in [2.05, 4.69) is 25.6 Å². The smallest absolute Gasteiger partial charge is 0.280 e. The summed E-state index contributed by atoms with van der Waals surface area (Å²) in [5.41, 5.74) is 0.584. The summed E-state index contributed by atoms with van der Waals surface area (Å²) in [5, 5.41) is 12.1. The van der Waals surface area contributed by atoms with E-state index >= 15 is 0 Å². The Bertz CT molecular complexity index is 787. The molecule has 1 fully saturated rings. The second kappa shape index (κ2) is 6.21. The van der Waals surface area contributed by atoms with Crippen LogP contribution < -0.4 is 5.32 Å². The molecule has 0 saturated carbocycles. The maximum atomic E-state index is 5.43. The van der Waals surface area contributed by atoms with E-state index in [0.29, 0.717) is 23.3 Å². The Labute approximate surface area is 137 Å². The van der Waals surface area contributed by atoms with Crippen LogP contribution in [0.25, 0.3) is 22.4 Å². The van der Waals surface area contributed by atoms with Crippen LogP contribution in [-0.4, -0.2) is 33.4 Å². The van der Waals surface area contributed by atoms with E-state index in [0.717, 1.165) is 35.2 Å². The number of thiazole rings is 1. The molecule has 8 heteroatoms. The van der Waals surface area contributed by atoms with Crippen LogP contribution in [0, 0.1) is 12.8 Å². The molecule has 0 bridgehead atoms. The Hall–Kier alpha value is -2.06. The molecule has 1 saturated heterocycles. The van der Waals surface area contributed by atoms with Crippen LogP contribution in [0.1, 0.15) is 23.5 Å². The van der Waals surface area contributed by atoms with Crippen molar-refractivity contribution < 1.29 is 9.05 Å². The highest BCUT2D eigenvalue weighted by Gasteiger charge is 2.19. The third kappa shape index (κ3) is 3.18. The number of hydrogen-bond donors (Lipinski definition) is 1. The SMILES string of the molecule is Cc1cnc(-c2noc(-c3cc(CC4CCNCC4)on3)n2)s1. The molecule has 0 radical (unpaired) electrons. The molecule has 0 aliphatic carbocycles. The van der Waals surface area contributed by atoms with Crippen LogP contribution in [0.2, 0.25) is 0 Å². The number of aromatic nitrogens is 4. The highest BCUT2D eigenvalue weighted by atomic mass is 32.1. The highest BCUT2D eigenvalue weighted by Crippen LogP contribution is 2.26. The number of aryl methyl sites for hydroxylation is 1. The van der Waals surface area contributed by atoms with Crippen molar-refractivity contribution in [3.63, 3.8) is 0 Å². The number of piperidine rings is 1. The van der Waals surface area contributed by atoms with E-state index in [1.54, 1.807) is 6.20 Å². The number of nitrogens with zero attached hydrogens (tertiary/aromatic N) is 4. The lowest BCUT2D eigenvalue weighted by Crippen LogP contribution is -2.28. The molecule has 0 spiro atoms. The van der Waals surface area contributed by atoms with Crippen molar-refractivity contribution in [2.75, 3.05) is 13.1 Å². The Morgan fingerprint density at radius 1 is 1.26 bits per heavy atom. The van der Waals surface area contributed by atoms with Gasteiger partial charge in [0.2, 0.25) is 5.82 Å². The van der Waals surface area contributed by atoms with Gasteiger partial charge in [-0.05, 0) is 38.8 Å². The molecular weight excluding hydrogens is 314 g/mol. The van der Waals surface area contributed by atoms with Crippen LogP contribution in [0.15, 0.2) is 21.3 Å². The molecule has 0 unspecified atom stereocenters. The average molecular weight is 331 g/mol. The van der Waals surface area contributed by atoms with Crippen LogP contribution in [0.4, 0.5) is 0 Å². The maximum absolute atomic E-state index is 5.43.